The van der Waals surface area contributed by atoms with Crippen LogP contribution in [0, 0.1) is 6.92 Å². The van der Waals surface area contributed by atoms with Gasteiger partial charge in [0, 0.05) is 11.6 Å². The molecular weight excluding hydrogens is 425 g/mol. The summed E-state index contributed by atoms with van der Waals surface area (Å²) in [5.41, 5.74) is 4.85. The summed E-state index contributed by atoms with van der Waals surface area (Å²) >= 11 is 0. The van der Waals surface area contributed by atoms with E-state index in [9.17, 15) is 4.79 Å². The van der Waals surface area contributed by atoms with Gasteiger partial charge in [0.2, 0.25) is 0 Å². The lowest BCUT2D eigenvalue weighted by atomic mass is 10.0. The number of halogens is 1. The van der Waals surface area contributed by atoms with Crippen LogP contribution in [0.3, 0.4) is 0 Å². The number of carbonyl (C=O) groups is 1. The van der Waals surface area contributed by atoms with Crippen LogP contribution < -0.4 is 28.5 Å². The van der Waals surface area contributed by atoms with Crippen molar-refractivity contribution in [2.75, 3.05) is 7.11 Å². The average molecular weight is 445 g/mol. The van der Waals surface area contributed by atoms with Crippen LogP contribution in [-0.4, -0.2) is 13.1 Å². The van der Waals surface area contributed by atoms with E-state index in [0.29, 0.717) is 5.56 Å². The van der Waals surface area contributed by atoms with Gasteiger partial charge in [0.1, 0.15) is 0 Å². The Bertz CT molecular complexity index is 846. The first-order chi connectivity index (χ1) is 11.7. The molecule has 0 N–H and O–H groups in total. The SMILES string of the molecule is COC(=O)c1cc[n+](Cc2ccccc2)cc1-c1ccc(C)cc1.[I-]. The van der Waals surface area contributed by atoms with E-state index in [1.807, 2.05) is 67.8 Å². The molecule has 0 aliphatic heterocycles. The lowest BCUT2D eigenvalue weighted by molar-refractivity contribution is -0.687. The number of hydrogen-bond acceptors (Lipinski definition) is 2. The fraction of sp³-hybridized carbons (Fsp3) is 0.143. The molecule has 0 spiro atoms. The molecule has 3 aromatic rings. The van der Waals surface area contributed by atoms with E-state index in [4.69, 9.17) is 4.74 Å². The van der Waals surface area contributed by atoms with Crippen LogP contribution in [-0.2, 0) is 11.3 Å². The van der Waals surface area contributed by atoms with Crippen molar-refractivity contribution in [3.63, 3.8) is 0 Å². The van der Waals surface area contributed by atoms with E-state index in [2.05, 4.69) is 16.7 Å². The highest BCUT2D eigenvalue weighted by atomic mass is 127. The number of esters is 1. The van der Waals surface area contributed by atoms with Crippen molar-refractivity contribution >= 4 is 5.97 Å². The monoisotopic (exact) mass is 445 g/mol. The van der Waals surface area contributed by atoms with Gasteiger partial charge in [-0.1, -0.05) is 60.2 Å². The molecule has 0 saturated carbocycles. The second kappa shape index (κ2) is 8.76. The number of benzene rings is 2. The average Bonchev–Trinajstić information content (AvgIpc) is 2.62. The summed E-state index contributed by atoms with van der Waals surface area (Å²) in [4.78, 5) is 12.1. The van der Waals surface area contributed by atoms with E-state index >= 15 is 0 Å². The Balaban J connectivity index is 0.00000225. The first-order valence-corrected chi connectivity index (χ1v) is 7.90. The fourth-order valence-electron chi connectivity index (χ4n) is 2.68. The van der Waals surface area contributed by atoms with Gasteiger partial charge in [-0.2, -0.15) is 0 Å². The lowest BCUT2D eigenvalue weighted by Crippen LogP contribution is -3.00. The molecule has 1 heterocycles. The maximum absolute atomic E-state index is 12.1. The second-order valence-electron chi connectivity index (χ2n) is 5.79. The van der Waals surface area contributed by atoms with Gasteiger partial charge < -0.3 is 28.7 Å². The number of carbonyl (C=O) groups excluding carboxylic acids is 1. The topological polar surface area (TPSA) is 30.2 Å². The summed E-state index contributed by atoms with van der Waals surface area (Å²) in [6.45, 7) is 2.80. The van der Waals surface area contributed by atoms with Crippen LogP contribution in [0.2, 0.25) is 0 Å². The van der Waals surface area contributed by atoms with Gasteiger partial charge in [-0.25, -0.2) is 9.36 Å². The number of ether oxygens (including phenoxy) is 1. The van der Waals surface area contributed by atoms with Crippen LogP contribution in [0.25, 0.3) is 11.1 Å². The first kappa shape index (κ1) is 19.1. The van der Waals surface area contributed by atoms with Gasteiger partial charge >= 0.3 is 5.97 Å². The zero-order valence-electron chi connectivity index (χ0n) is 14.3. The van der Waals surface area contributed by atoms with Gasteiger partial charge in [0.05, 0.1) is 18.2 Å². The third-order valence-corrected chi connectivity index (χ3v) is 3.99. The number of methoxy groups -OCH3 is 1. The Labute approximate surface area is 165 Å². The summed E-state index contributed by atoms with van der Waals surface area (Å²) in [6.07, 6.45) is 3.92. The third kappa shape index (κ3) is 4.66. The van der Waals surface area contributed by atoms with Gasteiger partial charge in [-0.05, 0) is 12.5 Å². The molecule has 1 aromatic heterocycles. The van der Waals surface area contributed by atoms with Crippen molar-refractivity contribution in [3.05, 3.63) is 89.7 Å². The Hall–Kier alpha value is -2.21. The molecule has 3 rings (SSSR count). The van der Waals surface area contributed by atoms with Crippen LogP contribution in [0.5, 0.6) is 0 Å². The van der Waals surface area contributed by atoms with Crippen molar-refractivity contribution < 1.29 is 38.1 Å². The molecule has 0 amide bonds. The molecule has 2 aromatic carbocycles. The van der Waals surface area contributed by atoms with Crippen LogP contribution in [0.15, 0.2) is 73.1 Å². The van der Waals surface area contributed by atoms with Crippen molar-refractivity contribution in [1.29, 1.82) is 0 Å². The molecule has 0 aliphatic rings. The van der Waals surface area contributed by atoms with Crippen molar-refractivity contribution in [3.8, 4) is 11.1 Å². The van der Waals surface area contributed by atoms with Crippen molar-refractivity contribution in [2.24, 2.45) is 0 Å². The molecule has 25 heavy (non-hydrogen) atoms. The van der Waals surface area contributed by atoms with Crippen molar-refractivity contribution in [1.82, 2.24) is 0 Å². The zero-order chi connectivity index (χ0) is 16.9. The van der Waals surface area contributed by atoms with Gasteiger partial charge in [-0.3, -0.25) is 0 Å². The molecule has 0 bridgehead atoms. The Kier molecular flexibility index (Phi) is 6.70. The minimum atomic E-state index is -0.322. The molecule has 4 heteroatoms. The van der Waals surface area contributed by atoms with E-state index in [0.717, 1.165) is 17.7 Å². The smallest absolute Gasteiger partial charge is 0.338 e. The van der Waals surface area contributed by atoms with E-state index < -0.39 is 0 Å². The summed E-state index contributed by atoms with van der Waals surface area (Å²) in [5, 5.41) is 0. The maximum Gasteiger partial charge on any atom is 0.338 e. The third-order valence-electron chi connectivity index (χ3n) is 3.99. The zero-order valence-corrected chi connectivity index (χ0v) is 16.4. The highest BCUT2D eigenvalue weighted by molar-refractivity contribution is 5.96. The van der Waals surface area contributed by atoms with Crippen LogP contribution in [0.4, 0.5) is 0 Å². The molecule has 0 radical (unpaired) electrons. The molecule has 0 aliphatic carbocycles. The normalized spacial score (nSPS) is 10.0. The second-order valence-corrected chi connectivity index (χ2v) is 5.79. The maximum atomic E-state index is 12.1. The number of hydrogen-bond donors (Lipinski definition) is 0. The summed E-state index contributed by atoms with van der Waals surface area (Å²) < 4.78 is 7.01. The largest absolute Gasteiger partial charge is 1.00 e. The fourth-order valence-corrected chi connectivity index (χ4v) is 2.68. The standard InChI is InChI=1S/C21H20NO2.HI/c1-16-8-10-18(11-9-16)20-15-22(13-12-19(20)21(23)24-2)14-17-6-4-3-5-7-17;/h3-13,15H,14H2,1-2H3;1H/q+1;/p-1. The van der Waals surface area contributed by atoms with E-state index in [-0.39, 0.29) is 29.9 Å². The number of nitrogens with zero attached hydrogens (tertiary/aromatic N) is 1. The summed E-state index contributed by atoms with van der Waals surface area (Å²) in [6, 6.07) is 20.2. The summed E-state index contributed by atoms with van der Waals surface area (Å²) in [5.74, 6) is -0.322. The molecule has 0 saturated heterocycles. The molecular formula is C21H20INO2. The predicted molar refractivity (Wildman–Crippen MR) is 93.7 cm³/mol. The highest BCUT2D eigenvalue weighted by Gasteiger charge is 2.18. The molecule has 128 valence electrons. The molecule has 3 nitrogen and oxygen atoms in total. The van der Waals surface area contributed by atoms with Crippen molar-refractivity contribution in [2.45, 2.75) is 13.5 Å². The number of aromatic nitrogens is 1. The highest BCUT2D eigenvalue weighted by Crippen LogP contribution is 2.23. The first-order valence-electron chi connectivity index (χ1n) is 7.90. The summed E-state index contributed by atoms with van der Waals surface area (Å²) in [7, 11) is 1.41. The van der Waals surface area contributed by atoms with Gasteiger partial charge in [0.25, 0.3) is 0 Å². The van der Waals surface area contributed by atoms with Gasteiger partial charge in [-0.15, -0.1) is 0 Å². The number of aryl methyl sites for hydroxylation is 1. The Morgan fingerprint density at radius 1 is 1.00 bits per heavy atom. The minimum absolute atomic E-state index is 0. The molecule has 0 unspecified atom stereocenters. The number of rotatable bonds is 4. The predicted octanol–water partition coefficient (Wildman–Crippen LogP) is 0.788. The van der Waals surface area contributed by atoms with Gasteiger partial charge in [0.15, 0.2) is 18.9 Å². The Morgan fingerprint density at radius 3 is 2.32 bits per heavy atom. The van der Waals surface area contributed by atoms with E-state index in [1.54, 1.807) is 0 Å². The number of pyridine rings is 1. The minimum Gasteiger partial charge on any atom is -1.00 e. The Morgan fingerprint density at radius 2 is 1.68 bits per heavy atom. The molecule has 0 atom stereocenters. The quantitative estimate of drug-likeness (QED) is 0.338. The molecule has 0 fully saturated rings. The lowest BCUT2D eigenvalue weighted by Gasteiger charge is -2.08. The van der Waals surface area contributed by atoms with Crippen LogP contribution in [0.1, 0.15) is 21.5 Å². The van der Waals surface area contributed by atoms with Crippen LogP contribution >= 0.6 is 0 Å². The van der Waals surface area contributed by atoms with E-state index in [1.165, 1.54) is 18.2 Å².